The standard InChI is InChI=1S/C20H22N2O3/c1-23-19-10-16(12-22-17-8-9-21-13-17)18(11-20(19)24-2)25-14-15-6-4-3-5-7-15/h3-11,13,21-22H,12,14H2,1-2H3. The van der Waals surface area contributed by atoms with Crippen LogP contribution in [-0.4, -0.2) is 19.2 Å². The third-order valence-corrected chi connectivity index (χ3v) is 3.88. The Morgan fingerprint density at radius 2 is 1.68 bits per heavy atom. The molecule has 3 aromatic rings. The van der Waals surface area contributed by atoms with E-state index in [4.69, 9.17) is 14.2 Å². The Morgan fingerprint density at radius 1 is 0.920 bits per heavy atom. The van der Waals surface area contributed by atoms with Crippen molar-refractivity contribution in [3.05, 3.63) is 72.1 Å². The quantitative estimate of drug-likeness (QED) is 0.645. The van der Waals surface area contributed by atoms with E-state index < -0.39 is 0 Å². The lowest BCUT2D eigenvalue weighted by molar-refractivity contribution is 0.297. The molecule has 0 atom stereocenters. The van der Waals surface area contributed by atoms with Gasteiger partial charge in [-0.2, -0.15) is 0 Å². The second-order valence-electron chi connectivity index (χ2n) is 5.54. The molecule has 0 unspecified atom stereocenters. The highest BCUT2D eigenvalue weighted by Gasteiger charge is 2.13. The van der Waals surface area contributed by atoms with Gasteiger partial charge in [-0.05, 0) is 17.7 Å². The molecule has 0 spiro atoms. The Hall–Kier alpha value is -3.08. The van der Waals surface area contributed by atoms with E-state index in [-0.39, 0.29) is 0 Å². The molecular formula is C20H22N2O3. The van der Waals surface area contributed by atoms with E-state index in [1.165, 1.54) is 0 Å². The number of rotatable bonds is 8. The van der Waals surface area contributed by atoms with Gasteiger partial charge in [-0.25, -0.2) is 0 Å². The second kappa shape index (κ2) is 8.15. The molecule has 0 fully saturated rings. The number of hydrogen-bond donors (Lipinski definition) is 2. The zero-order valence-electron chi connectivity index (χ0n) is 14.4. The van der Waals surface area contributed by atoms with Gasteiger partial charge in [0.25, 0.3) is 0 Å². The van der Waals surface area contributed by atoms with E-state index in [0.29, 0.717) is 24.7 Å². The summed E-state index contributed by atoms with van der Waals surface area (Å²) in [6, 6.07) is 15.9. The van der Waals surface area contributed by atoms with Gasteiger partial charge in [0, 0.05) is 30.6 Å². The van der Waals surface area contributed by atoms with Gasteiger partial charge in [0.1, 0.15) is 12.4 Å². The number of ether oxygens (including phenoxy) is 3. The van der Waals surface area contributed by atoms with E-state index in [2.05, 4.69) is 10.3 Å². The molecule has 0 saturated heterocycles. The summed E-state index contributed by atoms with van der Waals surface area (Å²) < 4.78 is 16.9. The topological polar surface area (TPSA) is 55.5 Å². The van der Waals surface area contributed by atoms with Gasteiger partial charge in [-0.15, -0.1) is 0 Å². The Balaban J connectivity index is 1.81. The van der Waals surface area contributed by atoms with Crippen molar-refractivity contribution in [1.29, 1.82) is 0 Å². The molecule has 0 amide bonds. The van der Waals surface area contributed by atoms with Crippen molar-refractivity contribution >= 4 is 5.69 Å². The number of aromatic amines is 1. The Labute approximate surface area is 147 Å². The van der Waals surface area contributed by atoms with Crippen LogP contribution in [-0.2, 0) is 13.2 Å². The zero-order valence-corrected chi connectivity index (χ0v) is 14.4. The molecule has 0 bridgehead atoms. The van der Waals surface area contributed by atoms with Crippen molar-refractivity contribution in [2.24, 2.45) is 0 Å². The molecule has 5 heteroatoms. The average Bonchev–Trinajstić information content (AvgIpc) is 3.18. The van der Waals surface area contributed by atoms with E-state index in [0.717, 1.165) is 22.6 Å². The maximum atomic E-state index is 6.05. The number of hydrogen-bond acceptors (Lipinski definition) is 4. The first-order valence-corrected chi connectivity index (χ1v) is 8.08. The molecular weight excluding hydrogens is 316 g/mol. The Kier molecular flexibility index (Phi) is 5.46. The molecule has 1 heterocycles. The van der Waals surface area contributed by atoms with Crippen molar-refractivity contribution in [1.82, 2.24) is 4.98 Å². The molecule has 2 aromatic carbocycles. The lowest BCUT2D eigenvalue weighted by Crippen LogP contribution is -2.05. The van der Waals surface area contributed by atoms with Gasteiger partial charge in [-0.1, -0.05) is 30.3 Å². The summed E-state index contributed by atoms with van der Waals surface area (Å²) >= 11 is 0. The zero-order chi connectivity index (χ0) is 17.5. The summed E-state index contributed by atoms with van der Waals surface area (Å²) in [4.78, 5) is 3.03. The number of benzene rings is 2. The van der Waals surface area contributed by atoms with Crippen molar-refractivity contribution < 1.29 is 14.2 Å². The molecule has 130 valence electrons. The van der Waals surface area contributed by atoms with Gasteiger partial charge < -0.3 is 24.5 Å². The molecule has 0 radical (unpaired) electrons. The fraction of sp³-hybridized carbons (Fsp3) is 0.200. The molecule has 0 aliphatic heterocycles. The van der Waals surface area contributed by atoms with Gasteiger partial charge >= 0.3 is 0 Å². The predicted molar refractivity (Wildman–Crippen MR) is 98.4 cm³/mol. The second-order valence-corrected chi connectivity index (χ2v) is 5.54. The van der Waals surface area contributed by atoms with E-state index in [1.807, 2.05) is 60.9 Å². The maximum Gasteiger partial charge on any atom is 0.164 e. The third kappa shape index (κ3) is 4.26. The largest absolute Gasteiger partial charge is 0.493 e. The van der Waals surface area contributed by atoms with Crippen molar-refractivity contribution in [2.45, 2.75) is 13.2 Å². The molecule has 0 aliphatic carbocycles. The normalized spacial score (nSPS) is 10.3. The number of H-pyrrole nitrogens is 1. The summed E-state index contributed by atoms with van der Waals surface area (Å²) in [5, 5.41) is 3.36. The smallest absolute Gasteiger partial charge is 0.164 e. The van der Waals surface area contributed by atoms with Crippen LogP contribution in [0.4, 0.5) is 5.69 Å². The summed E-state index contributed by atoms with van der Waals surface area (Å²) in [7, 11) is 3.25. The lowest BCUT2D eigenvalue weighted by Gasteiger charge is -2.16. The minimum Gasteiger partial charge on any atom is -0.493 e. The summed E-state index contributed by atoms with van der Waals surface area (Å²) in [5.74, 6) is 2.10. The maximum absolute atomic E-state index is 6.05. The molecule has 3 rings (SSSR count). The first kappa shape index (κ1) is 16.8. The minimum atomic E-state index is 0.494. The lowest BCUT2D eigenvalue weighted by atomic mass is 10.1. The first-order valence-electron chi connectivity index (χ1n) is 8.08. The highest BCUT2D eigenvalue weighted by Crippen LogP contribution is 2.35. The van der Waals surface area contributed by atoms with Crippen LogP contribution >= 0.6 is 0 Å². The highest BCUT2D eigenvalue weighted by molar-refractivity contribution is 5.52. The van der Waals surface area contributed by atoms with Crippen LogP contribution < -0.4 is 19.5 Å². The van der Waals surface area contributed by atoms with Crippen molar-refractivity contribution in [2.75, 3.05) is 19.5 Å². The molecule has 0 saturated carbocycles. The summed E-state index contributed by atoms with van der Waals surface area (Å²) in [6.07, 6.45) is 3.79. The van der Waals surface area contributed by atoms with Crippen LogP contribution in [0.25, 0.3) is 0 Å². The molecule has 1 aromatic heterocycles. The van der Waals surface area contributed by atoms with E-state index in [1.54, 1.807) is 14.2 Å². The molecule has 2 N–H and O–H groups in total. The Bertz CT molecular complexity index is 786. The van der Waals surface area contributed by atoms with Gasteiger partial charge in [-0.3, -0.25) is 0 Å². The predicted octanol–water partition coefficient (Wildman–Crippen LogP) is 4.22. The van der Waals surface area contributed by atoms with Crippen LogP contribution in [0, 0.1) is 0 Å². The highest BCUT2D eigenvalue weighted by atomic mass is 16.5. The fourth-order valence-electron chi connectivity index (χ4n) is 2.54. The summed E-state index contributed by atoms with van der Waals surface area (Å²) in [6.45, 7) is 1.11. The van der Waals surface area contributed by atoms with E-state index >= 15 is 0 Å². The monoisotopic (exact) mass is 338 g/mol. The van der Waals surface area contributed by atoms with Gasteiger partial charge in [0.15, 0.2) is 11.5 Å². The first-order chi connectivity index (χ1) is 12.3. The third-order valence-electron chi connectivity index (χ3n) is 3.88. The molecule has 5 nitrogen and oxygen atoms in total. The molecule has 25 heavy (non-hydrogen) atoms. The number of nitrogens with one attached hydrogen (secondary N) is 2. The fourth-order valence-corrected chi connectivity index (χ4v) is 2.54. The van der Waals surface area contributed by atoms with Crippen LogP contribution in [0.2, 0.25) is 0 Å². The van der Waals surface area contributed by atoms with Gasteiger partial charge in [0.05, 0.1) is 19.9 Å². The van der Waals surface area contributed by atoms with Crippen LogP contribution in [0.15, 0.2) is 60.9 Å². The van der Waals surface area contributed by atoms with E-state index in [9.17, 15) is 0 Å². The van der Waals surface area contributed by atoms with Crippen LogP contribution in [0.3, 0.4) is 0 Å². The van der Waals surface area contributed by atoms with Crippen LogP contribution in [0.5, 0.6) is 17.2 Å². The average molecular weight is 338 g/mol. The van der Waals surface area contributed by atoms with Crippen molar-refractivity contribution in [3.8, 4) is 17.2 Å². The molecule has 0 aliphatic rings. The number of methoxy groups -OCH3 is 2. The van der Waals surface area contributed by atoms with Crippen molar-refractivity contribution in [3.63, 3.8) is 0 Å². The Morgan fingerprint density at radius 3 is 2.36 bits per heavy atom. The number of aromatic nitrogens is 1. The van der Waals surface area contributed by atoms with Crippen LogP contribution in [0.1, 0.15) is 11.1 Å². The SMILES string of the molecule is COc1cc(CNc2cc[nH]c2)c(OCc2ccccc2)cc1OC. The minimum absolute atomic E-state index is 0.494. The summed E-state index contributed by atoms with van der Waals surface area (Å²) in [5.41, 5.74) is 3.13. The number of anilines is 1. The van der Waals surface area contributed by atoms with Gasteiger partial charge in [0.2, 0.25) is 0 Å².